The molecule has 0 aromatic heterocycles. The number of ketones is 1. The predicted molar refractivity (Wildman–Crippen MR) is 85.1 cm³/mol. The fourth-order valence-electron chi connectivity index (χ4n) is 1.97. The molecule has 0 aliphatic heterocycles. The molecule has 5 heteroatoms. The highest BCUT2D eigenvalue weighted by atomic mass is 16.5. The normalized spacial score (nSPS) is 11.2. The number of carbonyl (C=O) groups excluding carboxylic acids is 1. The number of allylic oxidation sites excluding steroid dienone is 1. The predicted octanol–water partition coefficient (Wildman–Crippen LogP) is 3.15. The lowest BCUT2D eigenvalue weighted by molar-refractivity contribution is 0.0980. The largest absolute Gasteiger partial charge is 0.504 e. The Kier molecular flexibility index (Phi) is 4.68. The number of rotatable bonds is 5. The molecule has 5 nitrogen and oxygen atoms in total. The van der Waals surface area contributed by atoms with E-state index < -0.39 is 11.5 Å². The van der Waals surface area contributed by atoms with Crippen molar-refractivity contribution in [2.24, 2.45) is 0 Å². The first kappa shape index (κ1) is 15.4. The zero-order chi connectivity index (χ0) is 16.1. The van der Waals surface area contributed by atoms with E-state index in [0.29, 0.717) is 23.6 Å². The molecular weight excluding hydrogens is 282 g/mol. The summed E-state index contributed by atoms with van der Waals surface area (Å²) in [5.74, 6) is -0.903. The van der Waals surface area contributed by atoms with Gasteiger partial charge in [-0.15, -0.1) is 0 Å². The number of aliphatic hydroxyl groups excluding tert-OH is 1. The number of phenols is 1. The number of nitrogen functional groups attached to an aromatic ring is 1. The molecule has 0 atom stereocenters. The number of ether oxygens (including phenoxy) is 1. The number of hydrogen-bond acceptors (Lipinski definition) is 5. The smallest absolute Gasteiger partial charge is 0.227 e. The van der Waals surface area contributed by atoms with Gasteiger partial charge in [0.05, 0.1) is 6.61 Å². The number of Topliss-reactive ketones (excluding diaryl/α,β-unsaturated/α-hetero) is 1. The summed E-state index contributed by atoms with van der Waals surface area (Å²) in [4.78, 5) is 12.1. The van der Waals surface area contributed by atoms with Gasteiger partial charge in [-0.2, -0.15) is 0 Å². The Balaban J connectivity index is 2.33. The lowest BCUT2D eigenvalue weighted by Gasteiger charge is -2.08. The topological polar surface area (TPSA) is 92.8 Å². The third-order valence-corrected chi connectivity index (χ3v) is 3.00. The van der Waals surface area contributed by atoms with Gasteiger partial charge in [-0.25, -0.2) is 0 Å². The van der Waals surface area contributed by atoms with Crippen LogP contribution in [0.3, 0.4) is 0 Å². The number of aliphatic hydroxyl groups is 1. The van der Waals surface area contributed by atoms with Crippen LogP contribution in [-0.2, 0) is 0 Å². The van der Waals surface area contributed by atoms with Crippen molar-refractivity contribution in [1.29, 1.82) is 0 Å². The molecule has 0 aliphatic rings. The Morgan fingerprint density at radius 3 is 2.68 bits per heavy atom. The van der Waals surface area contributed by atoms with Crippen LogP contribution in [0.25, 0.3) is 6.08 Å². The molecule has 0 saturated carbocycles. The maximum Gasteiger partial charge on any atom is 0.227 e. The molecule has 0 amide bonds. The highest BCUT2D eigenvalue weighted by molar-refractivity contribution is 6.10. The van der Waals surface area contributed by atoms with Gasteiger partial charge in [0.2, 0.25) is 5.78 Å². The molecule has 0 unspecified atom stereocenters. The average molecular weight is 299 g/mol. The molecule has 4 N–H and O–H groups in total. The van der Waals surface area contributed by atoms with Crippen LogP contribution < -0.4 is 10.5 Å². The van der Waals surface area contributed by atoms with E-state index in [1.54, 1.807) is 43.3 Å². The van der Waals surface area contributed by atoms with Crippen molar-refractivity contribution >= 4 is 17.5 Å². The highest BCUT2D eigenvalue weighted by Crippen LogP contribution is 2.31. The minimum Gasteiger partial charge on any atom is -0.504 e. The van der Waals surface area contributed by atoms with Gasteiger partial charge in [0.1, 0.15) is 0 Å². The van der Waals surface area contributed by atoms with E-state index in [4.69, 9.17) is 10.5 Å². The minimum atomic E-state index is -0.575. The van der Waals surface area contributed by atoms with Crippen LogP contribution in [0.5, 0.6) is 11.5 Å². The number of anilines is 1. The first-order valence-electron chi connectivity index (χ1n) is 6.78. The Morgan fingerprint density at radius 2 is 2.00 bits per heavy atom. The van der Waals surface area contributed by atoms with E-state index >= 15 is 0 Å². The zero-order valence-corrected chi connectivity index (χ0v) is 12.1. The molecule has 0 heterocycles. The van der Waals surface area contributed by atoms with E-state index in [9.17, 15) is 15.0 Å². The number of aromatic hydroxyl groups is 1. The number of phenolic OH excluding ortho intramolecular Hbond substituents is 1. The Labute approximate surface area is 128 Å². The summed E-state index contributed by atoms with van der Waals surface area (Å²) in [5.41, 5.74) is 6.61. The fourth-order valence-corrected chi connectivity index (χ4v) is 1.97. The number of benzene rings is 2. The summed E-state index contributed by atoms with van der Waals surface area (Å²) in [6, 6.07) is 11.1. The van der Waals surface area contributed by atoms with E-state index in [1.165, 1.54) is 12.1 Å². The maximum atomic E-state index is 12.1. The van der Waals surface area contributed by atoms with Gasteiger partial charge in [0, 0.05) is 16.8 Å². The third kappa shape index (κ3) is 3.38. The minimum absolute atomic E-state index is 0.128. The molecule has 2 rings (SSSR count). The summed E-state index contributed by atoms with van der Waals surface area (Å²) in [6.45, 7) is 2.19. The Morgan fingerprint density at radius 1 is 1.27 bits per heavy atom. The molecule has 0 aliphatic carbocycles. The average Bonchev–Trinajstić information content (AvgIpc) is 2.50. The fraction of sp³-hybridized carbons (Fsp3) is 0.118. The van der Waals surface area contributed by atoms with Crippen molar-refractivity contribution in [2.75, 3.05) is 12.3 Å². The molecule has 2 aromatic carbocycles. The third-order valence-electron chi connectivity index (χ3n) is 3.00. The Hall–Kier alpha value is -2.95. The summed E-state index contributed by atoms with van der Waals surface area (Å²) in [7, 11) is 0. The lowest BCUT2D eigenvalue weighted by Crippen LogP contribution is -2.03. The monoisotopic (exact) mass is 299 g/mol. The van der Waals surface area contributed by atoms with Crippen molar-refractivity contribution in [1.82, 2.24) is 0 Å². The van der Waals surface area contributed by atoms with Crippen molar-refractivity contribution in [3.05, 3.63) is 59.4 Å². The van der Waals surface area contributed by atoms with Crippen LogP contribution in [0.15, 0.2) is 48.2 Å². The summed E-state index contributed by atoms with van der Waals surface area (Å²) < 4.78 is 5.26. The molecule has 0 spiro atoms. The number of carbonyl (C=O) groups is 1. The molecule has 0 radical (unpaired) electrons. The second-order valence-corrected chi connectivity index (χ2v) is 4.61. The molecule has 0 bridgehead atoms. The van der Waals surface area contributed by atoms with E-state index in [-0.39, 0.29) is 11.3 Å². The van der Waals surface area contributed by atoms with Crippen LogP contribution in [0, 0.1) is 0 Å². The van der Waals surface area contributed by atoms with Crippen LogP contribution in [0.2, 0.25) is 0 Å². The Bertz CT molecular complexity index is 722. The van der Waals surface area contributed by atoms with Crippen molar-refractivity contribution < 1.29 is 19.7 Å². The van der Waals surface area contributed by atoms with E-state index in [1.807, 2.05) is 0 Å². The zero-order valence-electron chi connectivity index (χ0n) is 12.1. The summed E-state index contributed by atoms with van der Waals surface area (Å²) >= 11 is 0. The van der Waals surface area contributed by atoms with Gasteiger partial charge in [-0.1, -0.05) is 24.3 Å². The highest BCUT2D eigenvalue weighted by Gasteiger charge is 2.13. The van der Waals surface area contributed by atoms with Crippen molar-refractivity contribution in [3.63, 3.8) is 0 Å². The van der Waals surface area contributed by atoms with Crippen molar-refractivity contribution in [3.8, 4) is 11.5 Å². The number of para-hydroxylation sites is 1. The second kappa shape index (κ2) is 6.67. The lowest BCUT2D eigenvalue weighted by atomic mass is 10.1. The molecule has 22 heavy (non-hydrogen) atoms. The van der Waals surface area contributed by atoms with Crippen LogP contribution in [-0.4, -0.2) is 22.6 Å². The maximum absolute atomic E-state index is 12.1. The molecule has 114 valence electrons. The first-order valence-corrected chi connectivity index (χ1v) is 6.78. The van der Waals surface area contributed by atoms with Crippen LogP contribution in [0.4, 0.5) is 5.69 Å². The van der Waals surface area contributed by atoms with Gasteiger partial charge in [-0.3, -0.25) is 4.79 Å². The SMILES string of the molecule is CCOc1cccc(C=C(O)C(=O)c2cccc(N)c2)c1O. The van der Waals surface area contributed by atoms with Gasteiger partial charge < -0.3 is 20.7 Å². The summed E-state index contributed by atoms with van der Waals surface area (Å²) in [6.07, 6.45) is 1.20. The number of nitrogens with two attached hydrogens (primary N) is 1. The van der Waals surface area contributed by atoms with Crippen LogP contribution in [0.1, 0.15) is 22.8 Å². The van der Waals surface area contributed by atoms with Crippen molar-refractivity contribution in [2.45, 2.75) is 6.92 Å². The summed E-state index contributed by atoms with van der Waals surface area (Å²) in [5, 5.41) is 20.0. The van der Waals surface area contributed by atoms with Crippen LogP contribution >= 0.6 is 0 Å². The molecular formula is C17H17NO4. The molecule has 0 fully saturated rings. The quantitative estimate of drug-likeness (QED) is 0.341. The van der Waals surface area contributed by atoms with Gasteiger partial charge >= 0.3 is 0 Å². The van der Waals surface area contributed by atoms with E-state index in [0.717, 1.165) is 0 Å². The van der Waals surface area contributed by atoms with Gasteiger partial charge in [-0.05, 0) is 31.2 Å². The molecule has 2 aromatic rings. The standard InChI is InChI=1S/C17H17NO4/c1-2-22-15-8-4-6-12(17(15)21)10-14(19)16(20)11-5-3-7-13(18)9-11/h3-10,19,21H,2,18H2,1H3. The van der Waals surface area contributed by atoms with Gasteiger partial charge in [0.25, 0.3) is 0 Å². The van der Waals surface area contributed by atoms with Gasteiger partial charge in [0.15, 0.2) is 17.3 Å². The molecule has 0 saturated heterocycles. The van der Waals surface area contributed by atoms with E-state index in [2.05, 4.69) is 0 Å². The second-order valence-electron chi connectivity index (χ2n) is 4.61. The number of hydrogen-bond donors (Lipinski definition) is 3. The first-order chi connectivity index (χ1) is 10.5.